The zero-order valence-corrected chi connectivity index (χ0v) is 15.4. The molecule has 2 atom stereocenters. The van der Waals surface area contributed by atoms with Gasteiger partial charge in [0.1, 0.15) is 6.04 Å². The van der Waals surface area contributed by atoms with Gasteiger partial charge in [0.2, 0.25) is 5.91 Å². The van der Waals surface area contributed by atoms with Crippen molar-refractivity contribution in [2.45, 2.75) is 31.3 Å². The van der Waals surface area contributed by atoms with Gasteiger partial charge in [-0.3, -0.25) is 19.4 Å². The third kappa shape index (κ3) is 5.28. The Labute approximate surface area is 150 Å². The van der Waals surface area contributed by atoms with Crippen LogP contribution in [0, 0.1) is 0 Å². The minimum absolute atomic E-state index is 0.0589. The first kappa shape index (κ1) is 19.4. The summed E-state index contributed by atoms with van der Waals surface area (Å²) in [6.07, 6.45) is 2.78. The fourth-order valence-electron chi connectivity index (χ4n) is 3.53. The zero-order valence-electron chi connectivity index (χ0n) is 15.4. The number of nitrogens with zero attached hydrogens (tertiary/aromatic N) is 3. The predicted molar refractivity (Wildman–Crippen MR) is 97.4 cm³/mol. The number of carbonyl (C=O) groups excluding carboxylic acids is 1. The lowest BCUT2D eigenvalue weighted by molar-refractivity contribution is -0.138. The molecule has 138 valence electrons. The average Bonchev–Trinajstić information content (AvgIpc) is 2.81. The van der Waals surface area contributed by atoms with Crippen LogP contribution in [0.3, 0.4) is 0 Å². The number of hydrogen-bond donors (Lipinski definition) is 1. The van der Waals surface area contributed by atoms with Gasteiger partial charge in [-0.2, -0.15) is 0 Å². The van der Waals surface area contributed by atoms with E-state index in [4.69, 9.17) is 5.11 Å². The van der Waals surface area contributed by atoms with Gasteiger partial charge in [0.15, 0.2) is 0 Å². The number of carboxylic acid groups (broad SMARTS) is 1. The van der Waals surface area contributed by atoms with Crippen LogP contribution in [0.1, 0.15) is 30.9 Å². The summed E-state index contributed by atoms with van der Waals surface area (Å²) in [6.45, 7) is 1.69. The van der Waals surface area contributed by atoms with Crippen molar-refractivity contribution in [3.05, 3.63) is 35.9 Å². The molecule has 0 radical (unpaired) electrons. The van der Waals surface area contributed by atoms with Crippen molar-refractivity contribution in [2.75, 3.05) is 40.8 Å². The number of carbonyl (C=O) groups is 2. The maximum atomic E-state index is 12.8. The lowest BCUT2D eigenvalue weighted by Gasteiger charge is -2.32. The molecule has 6 heteroatoms. The number of likely N-dealkylation sites (N-methyl/N-ethyl adjacent to an activating group) is 2. The molecule has 6 nitrogen and oxygen atoms in total. The van der Waals surface area contributed by atoms with Crippen LogP contribution >= 0.6 is 0 Å². The topological polar surface area (TPSA) is 64.1 Å². The number of carboxylic acids is 1. The molecule has 1 aromatic carbocycles. The molecule has 2 unspecified atom stereocenters. The smallest absolute Gasteiger partial charge is 0.317 e. The molecule has 1 aromatic rings. The SMILES string of the molecule is CN(C)C(=O)C(c1ccccc1)N1CCCC(N(C)CC(=O)O)CC1. The Kier molecular flexibility index (Phi) is 6.96. The molecular formula is C19H29N3O3. The molecule has 1 saturated heterocycles. The quantitative estimate of drug-likeness (QED) is 0.848. The second-order valence-electron chi connectivity index (χ2n) is 6.98. The lowest BCUT2D eigenvalue weighted by Crippen LogP contribution is -2.41. The van der Waals surface area contributed by atoms with Gasteiger partial charge >= 0.3 is 5.97 Å². The summed E-state index contributed by atoms with van der Waals surface area (Å²) in [5, 5.41) is 9.01. The van der Waals surface area contributed by atoms with Gasteiger partial charge in [-0.15, -0.1) is 0 Å². The van der Waals surface area contributed by atoms with Crippen LogP contribution in [0.15, 0.2) is 30.3 Å². The monoisotopic (exact) mass is 347 g/mol. The molecule has 1 aliphatic rings. The molecule has 0 saturated carbocycles. The lowest BCUT2D eigenvalue weighted by atomic mass is 10.0. The van der Waals surface area contributed by atoms with Crippen LogP contribution in [0.25, 0.3) is 0 Å². The molecule has 1 heterocycles. The minimum Gasteiger partial charge on any atom is -0.480 e. The molecule has 25 heavy (non-hydrogen) atoms. The number of likely N-dealkylation sites (tertiary alicyclic amines) is 1. The average molecular weight is 347 g/mol. The zero-order chi connectivity index (χ0) is 18.4. The first-order chi connectivity index (χ1) is 11.9. The first-order valence-electron chi connectivity index (χ1n) is 8.82. The Morgan fingerprint density at radius 3 is 2.44 bits per heavy atom. The van der Waals surface area contributed by atoms with E-state index in [1.807, 2.05) is 42.3 Å². The highest BCUT2D eigenvalue weighted by Gasteiger charge is 2.31. The summed E-state index contributed by atoms with van der Waals surface area (Å²) in [5.41, 5.74) is 1.01. The first-order valence-corrected chi connectivity index (χ1v) is 8.82. The van der Waals surface area contributed by atoms with E-state index in [-0.39, 0.29) is 24.5 Å². The van der Waals surface area contributed by atoms with Crippen LogP contribution in [0.5, 0.6) is 0 Å². The standard InChI is InChI=1S/C19H29N3O3/c1-20(2)19(25)18(15-8-5-4-6-9-15)22-12-7-10-16(11-13-22)21(3)14-17(23)24/h4-6,8-9,16,18H,7,10-14H2,1-3H3,(H,23,24). The van der Waals surface area contributed by atoms with Crippen LogP contribution < -0.4 is 0 Å². The molecule has 0 spiro atoms. The fraction of sp³-hybridized carbons (Fsp3) is 0.579. The second-order valence-corrected chi connectivity index (χ2v) is 6.98. The molecule has 2 rings (SSSR count). The Morgan fingerprint density at radius 2 is 1.84 bits per heavy atom. The number of amides is 1. The van der Waals surface area contributed by atoms with E-state index in [9.17, 15) is 9.59 Å². The number of hydrogen-bond acceptors (Lipinski definition) is 4. The van der Waals surface area contributed by atoms with Crippen molar-refractivity contribution in [1.29, 1.82) is 0 Å². The van der Waals surface area contributed by atoms with Crippen LogP contribution in [-0.4, -0.2) is 78.5 Å². The van der Waals surface area contributed by atoms with E-state index in [1.54, 1.807) is 19.0 Å². The van der Waals surface area contributed by atoms with E-state index in [0.29, 0.717) is 0 Å². The van der Waals surface area contributed by atoms with E-state index in [0.717, 1.165) is 37.9 Å². The number of benzene rings is 1. The van der Waals surface area contributed by atoms with Crippen molar-refractivity contribution in [2.24, 2.45) is 0 Å². The third-order valence-electron chi connectivity index (χ3n) is 4.90. The molecule has 1 aliphatic heterocycles. The highest BCUT2D eigenvalue weighted by Crippen LogP contribution is 2.27. The molecule has 1 fully saturated rings. The van der Waals surface area contributed by atoms with Crippen molar-refractivity contribution < 1.29 is 14.7 Å². The largest absolute Gasteiger partial charge is 0.480 e. The van der Waals surface area contributed by atoms with Gasteiger partial charge in [-0.25, -0.2) is 0 Å². The fourth-order valence-corrected chi connectivity index (χ4v) is 3.53. The normalized spacial score (nSPS) is 20.1. The summed E-state index contributed by atoms with van der Waals surface area (Å²) in [4.78, 5) is 29.6. The maximum Gasteiger partial charge on any atom is 0.317 e. The summed E-state index contributed by atoms with van der Waals surface area (Å²) in [7, 11) is 5.45. The van der Waals surface area contributed by atoms with Gasteiger partial charge in [-0.05, 0) is 38.4 Å². The van der Waals surface area contributed by atoms with E-state index in [1.165, 1.54) is 0 Å². The Balaban J connectivity index is 2.13. The third-order valence-corrected chi connectivity index (χ3v) is 4.90. The van der Waals surface area contributed by atoms with Gasteiger partial charge in [0.05, 0.1) is 6.54 Å². The Morgan fingerprint density at radius 1 is 1.16 bits per heavy atom. The Bertz CT molecular complexity index is 577. The molecule has 0 aromatic heterocycles. The molecule has 0 aliphatic carbocycles. The highest BCUT2D eigenvalue weighted by atomic mass is 16.4. The van der Waals surface area contributed by atoms with Crippen molar-refractivity contribution in [3.8, 4) is 0 Å². The second kappa shape index (κ2) is 8.97. The maximum absolute atomic E-state index is 12.8. The van der Waals surface area contributed by atoms with Crippen LogP contribution in [-0.2, 0) is 9.59 Å². The number of aliphatic carboxylic acids is 1. The van der Waals surface area contributed by atoms with Crippen molar-refractivity contribution >= 4 is 11.9 Å². The van der Waals surface area contributed by atoms with E-state index >= 15 is 0 Å². The number of rotatable bonds is 6. The van der Waals surface area contributed by atoms with E-state index < -0.39 is 5.97 Å². The summed E-state index contributed by atoms with van der Waals surface area (Å²) in [5.74, 6) is -0.711. The summed E-state index contributed by atoms with van der Waals surface area (Å²) < 4.78 is 0. The van der Waals surface area contributed by atoms with Crippen LogP contribution in [0.4, 0.5) is 0 Å². The molecule has 1 amide bonds. The van der Waals surface area contributed by atoms with Gasteiger partial charge in [0.25, 0.3) is 0 Å². The molecule has 0 bridgehead atoms. The van der Waals surface area contributed by atoms with Gasteiger partial charge in [-0.1, -0.05) is 30.3 Å². The predicted octanol–water partition coefficient (Wildman–Crippen LogP) is 1.69. The molecule has 1 N–H and O–H groups in total. The van der Waals surface area contributed by atoms with E-state index in [2.05, 4.69) is 4.90 Å². The minimum atomic E-state index is -0.798. The Hall–Kier alpha value is -1.92. The summed E-state index contributed by atoms with van der Waals surface area (Å²) >= 11 is 0. The van der Waals surface area contributed by atoms with Crippen molar-refractivity contribution in [3.63, 3.8) is 0 Å². The summed E-state index contributed by atoms with van der Waals surface area (Å²) in [6, 6.07) is 9.86. The highest BCUT2D eigenvalue weighted by molar-refractivity contribution is 5.82. The van der Waals surface area contributed by atoms with Crippen LogP contribution in [0.2, 0.25) is 0 Å². The molecular weight excluding hydrogens is 318 g/mol. The van der Waals surface area contributed by atoms with Crippen molar-refractivity contribution in [1.82, 2.24) is 14.7 Å². The van der Waals surface area contributed by atoms with Gasteiger partial charge in [0, 0.05) is 26.7 Å². The van der Waals surface area contributed by atoms with Gasteiger partial charge < -0.3 is 10.0 Å².